The van der Waals surface area contributed by atoms with Crippen LogP contribution in [0.25, 0.3) is 33.9 Å². The van der Waals surface area contributed by atoms with Crippen molar-refractivity contribution in [3.05, 3.63) is 84.2 Å². The molecule has 2 aromatic heterocycles. The number of hydrogen-bond donors (Lipinski definition) is 2. The molecule has 0 bridgehead atoms. The van der Waals surface area contributed by atoms with Crippen LogP contribution in [-0.2, 0) is 11.3 Å². The number of benzene rings is 3. The molecule has 5 aromatic rings. The quantitative estimate of drug-likeness (QED) is 0.433. The van der Waals surface area contributed by atoms with E-state index >= 15 is 0 Å². The van der Waals surface area contributed by atoms with Gasteiger partial charge in [0.1, 0.15) is 0 Å². The molecule has 1 aliphatic heterocycles. The van der Waals surface area contributed by atoms with Crippen LogP contribution in [0.4, 0.5) is 5.69 Å². The first kappa shape index (κ1) is 19.9. The minimum absolute atomic E-state index is 0.0707. The highest BCUT2D eigenvalue weighted by Gasteiger charge is 2.21. The Bertz CT molecular complexity index is 1570. The number of carbonyl (C=O) groups is 2. The van der Waals surface area contributed by atoms with E-state index in [9.17, 15) is 9.59 Å². The van der Waals surface area contributed by atoms with E-state index in [0.29, 0.717) is 35.1 Å². The molecule has 0 radical (unpaired) electrons. The third-order valence-electron chi connectivity index (χ3n) is 5.69. The molecule has 3 heterocycles. The Morgan fingerprint density at radius 3 is 2.82 bits per heavy atom. The number of anilines is 1. The second kappa shape index (κ2) is 7.96. The number of carbonyl (C=O) groups excluding carboxylic acids is 2. The molecule has 0 saturated heterocycles. The maximum Gasteiger partial charge on any atom is 0.258 e. The summed E-state index contributed by atoms with van der Waals surface area (Å²) in [7, 11) is 0. The standard InChI is InChI=1S/C25H18N6O3/c32-22-12-26-24(33)18-9-8-17(11-20(18)28-22)25-29-23(30-34-25)16-5-3-4-15(10-16)13-31-14-27-19-6-1-2-7-21(19)31/h1-11,14H,12-13H2,(H,26,33)(H,28,32). The first-order valence-corrected chi connectivity index (χ1v) is 10.7. The van der Waals surface area contributed by atoms with Gasteiger partial charge in [0.25, 0.3) is 11.8 Å². The Balaban J connectivity index is 1.28. The topological polar surface area (TPSA) is 115 Å². The molecule has 9 heteroatoms. The van der Waals surface area contributed by atoms with Crippen molar-refractivity contribution in [2.45, 2.75) is 6.54 Å². The fraction of sp³-hybridized carbons (Fsp3) is 0.0800. The summed E-state index contributed by atoms with van der Waals surface area (Å²) < 4.78 is 7.59. The van der Waals surface area contributed by atoms with Gasteiger partial charge in [-0.25, -0.2) is 4.98 Å². The van der Waals surface area contributed by atoms with Crippen LogP contribution in [0.5, 0.6) is 0 Å². The number of para-hydroxylation sites is 2. The Morgan fingerprint density at radius 2 is 1.88 bits per heavy atom. The number of rotatable bonds is 4. The Morgan fingerprint density at radius 1 is 0.971 bits per heavy atom. The summed E-state index contributed by atoms with van der Waals surface area (Å²) in [5, 5.41) is 9.42. The summed E-state index contributed by atoms with van der Waals surface area (Å²) in [4.78, 5) is 33.0. The van der Waals surface area contributed by atoms with Gasteiger partial charge in [-0.15, -0.1) is 0 Å². The highest BCUT2D eigenvalue weighted by Crippen LogP contribution is 2.28. The van der Waals surface area contributed by atoms with Crippen molar-refractivity contribution in [1.29, 1.82) is 0 Å². The maximum absolute atomic E-state index is 12.1. The lowest BCUT2D eigenvalue weighted by Gasteiger charge is -2.06. The van der Waals surface area contributed by atoms with Gasteiger partial charge in [0, 0.05) is 17.7 Å². The molecule has 34 heavy (non-hydrogen) atoms. The molecule has 0 atom stereocenters. The minimum atomic E-state index is -0.311. The van der Waals surface area contributed by atoms with E-state index in [1.807, 2.05) is 54.9 Å². The van der Waals surface area contributed by atoms with Crippen LogP contribution in [0, 0.1) is 0 Å². The second-order valence-corrected chi connectivity index (χ2v) is 7.98. The van der Waals surface area contributed by atoms with Gasteiger partial charge >= 0.3 is 0 Å². The predicted octanol–water partition coefficient (Wildman–Crippen LogP) is 3.48. The van der Waals surface area contributed by atoms with Crippen LogP contribution in [0.2, 0.25) is 0 Å². The fourth-order valence-electron chi connectivity index (χ4n) is 4.03. The van der Waals surface area contributed by atoms with E-state index in [-0.39, 0.29) is 18.4 Å². The molecule has 0 saturated carbocycles. The molecular formula is C25H18N6O3. The van der Waals surface area contributed by atoms with Crippen molar-refractivity contribution in [1.82, 2.24) is 25.0 Å². The number of aromatic nitrogens is 4. The molecule has 166 valence electrons. The number of hydrogen-bond acceptors (Lipinski definition) is 6. The molecule has 2 amide bonds. The molecule has 0 unspecified atom stereocenters. The van der Waals surface area contributed by atoms with E-state index in [1.54, 1.807) is 18.2 Å². The van der Waals surface area contributed by atoms with Crippen LogP contribution in [-0.4, -0.2) is 38.1 Å². The van der Waals surface area contributed by atoms with Gasteiger partial charge in [0.05, 0.1) is 35.2 Å². The predicted molar refractivity (Wildman–Crippen MR) is 125 cm³/mol. The average Bonchev–Trinajstić information content (AvgIpc) is 3.48. The van der Waals surface area contributed by atoms with Gasteiger partial charge in [0.2, 0.25) is 11.7 Å². The lowest BCUT2D eigenvalue weighted by Crippen LogP contribution is -2.28. The molecule has 0 fully saturated rings. The van der Waals surface area contributed by atoms with E-state index < -0.39 is 0 Å². The molecule has 0 aliphatic carbocycles. The zero-order chi connectivity index (χ0) is 23.1. The molecule has 1 aliphatic rings. The lowest BCUT2D eigenvalue weighted by atomic mass is 10.1. The Labute approximate surface area is 193 Å². The van der Waals surface area contributed by atoms with Crippen molar-refractivity contribution in [3.63, 3.8) is 0 Å². The number of nitrogens with zero attached hydrogens (tertiary/aromatic N) is 4. The SMILES string of the molecule is O=C1CNC(=O)c2ccc(-c3nc(-c4cccc(Cn5cnc6ccccc65)c4)no3)cc2N1. The fourth-order valence-corrected chi connectivity index (χ4v) is 4.03. The van der Waals surface area contributed by atoms with Crippen molar-refractivity contribution in [2.24, 2.45) is 0 Å². The van der Waals surface area contributed by atoms with Crippen molar-refractivity contribution in [3.8, 4) is 22.8 Å². The van der Waals surface area contributed by atoms with Gasteiger partial charge in [-0.1, -0.05) is 35.5 Å². The molecule has 0 spiro atoms. The number of imidazole rings is 1. The van der Waals surface area contributed by atoms with Crippen LogP contribution in [0.15, 0.2) is 77.6 Å². The van der Waals surface area contributed by atoms with Gasteiger partial charge in [-0.3, -0.25) is 9.59 Å². The monoisotopic (exact) mass is 450 g/mol. The zero-order valence-corrected chi connectivity index (χ0v) is 17.9. The van der Waals surface area contributed by atoms with Gasteiger partial charge in [-0.2, -0.15) is 4.98 Å². The highest BCUT2D eigenvalue weighted by molar-refractivity contribution is 6.09. The number of fused-ring (bicyclic) bond motifs is 2. The van der Waals surface area contributed by atoms with Gasteiger partial charge in [-0.05, 0) is 42.0 Å². The van der Waals surface area contributed by atoms with Crippen molar-refractivity contribution in [2.75, 3.05) is 11.9 Å². The van der Waals surface area contributed by atoms with Crippen LogP contribution in [0.3, 0.4) is 0 Å². The smallest absolute Gasteiger partial charge is 0.258 e. The summed E-state index contributed by atoms with van der Waals surface area (Å²) in [6, 6.07) is 21.0. The Hall–Kier alpha value is -4.79. The summed E-state index contributed by atoms with van der Waals surface area (Å²) in [6.45, 7) is 0.588. The number of amides is 2. The largest absolute Gasteiger partial charge is 0.343 e. The van der Waals surface area contributed by atoms with E-state index in [2.05, 4.69) is 30.3 Å². The van der Waals surface area contributed by atoms with E-state index in [4.69, 9.17) is 4.52 Å². The zero-order valence-electron chi connectivity index (χ0n) is 17.9. The molecule has 9 nitrogen and oxygen atoms in total. The van der Waals surface area contributed by atoms with E-state index in [0.717, 1.165) is 22.2 Å². The molecule has 2 N–H and O–H groups in total. The molecule has 3 aromatic carbocycles. The van der Waals surface area contributed by atoms with Crippen molar-refractivity contribution >= 4 is 28.5 Å². The van der Waals surface area contributed by atoms with Gasteiger partial charge < -0.3 is 19.7 Å². The minimum Gasteiger partial charge on any atom is -0.343 e. The Kier molecular flexibility index (Phi) is 4.65. The maximum atomic E-state index is 12.1. The molecule has 6 rings (SSSR count). The first-order valence-electron chi connectivity index (χ1n) is 10.7. The molecular weight excluding hydrogens is 432 g/mol. The summed E-state index contributed by atoms with van der Waals surface area (Å²) in [5.74, 6) is 0.137. The average molecular weight is 450 g/mol. The highest BCUT2D eigenvalue weighted by atomic mass is 16.5. The second-order valence-electron chi connectivity index (χ2n) is 7.98. The van der Waals surface area contributed by atoms with Crippen molar-refractivity contribution < 1.29 is 14.1 Å². The normalized spacial score (nSPS) is 13.3. The van der Waals surface area contributed by atoms with Crippen LogP contribution >= 0.6 is 0 Å². The van der Waals surface area contributed by atoms with E-state index in [1.165, 1.54) is 0 Å². The number of nitrogens with one attached hydrogen (secondary N) is 2. The van der Waals surface area contributed by atoms with Gasteiger partial charge in [0.15, 0.2) is 0 Å². The summed E-state index contributed by atoms with van der Waals surface area (Å²) in [5.41, 5.74) is 5.31. The third-order valence-corrected chi connectivity index (χ3v) is 5.69. The lowest BCUT2D eigenvalue weighted by molar-refractivity contribution is -0.115. The summed E-state index contributed by atoms with van der Waals surface area (Å²) >= 11 is 0. The van der Waals surface area contributed by atoms with Crippen LogP contribution in [0.1, 0.15) is 15.9 Å². The summed E-state index contributed by atoms with van der Waals surface area (Å²) in [6.07, 6.45) is 1.83. The third kappa shape index (κ3) is 3.58. The van der Waals surface area contributed by atoms with Crippen LogP contribution < -0.4 is 10.6 Å². The first-order chi connectivity index (χ1) is 16.6.